The van der Waals surface area contributed by atoms with Gasteiger partial charge in [-0.05, 0) is 48.0 Å². The molecule has 0 aliphatic carbocycles. The highest BCUT2D eigenvalue weighted by atomic mass is 79.9. The van der Waals surface area contributed by atoms with Crippen molar-refractivity contribution in [2.24, 2.45) is 0 Å². The van der Waals surface area contributed by atoms with Gasteiger partial charge in [0.2, 0.25) is 0 Å². The number of nitriles is 1. The van der Waals surface area contributed by atoms with Gasteiger partial charge in [0.05, 0.1) is 33.0 Å². The summed E-state index contributed by atoms with van der Waals surface area (Å²) in [6.07, 6.45) is 1.78. The minimum Gasteiger partial charge on any atom is -0.496 e. The number of rotatable bonds is 5. The van der Waals surface area contributed by atoms with Gasteiger partial charge >= 0.3 is 0 Å². The summed E-state index contributed by atoms with van der Waals surface area (Å²) >= 11 is 3.43. The summed E-state index contributed by atoms with van der Waals surface area (Å²) in [5, 5.41) is 9.52. The van der Waals surface area contributed by atoms with Crippen LogP contribution in [0.4, 0.5) is 0 Å². The van der Waals surface area contributed by atoms with Crippen molar-refractivity contribution in [3.8, 4) is 23.3 Å². The summed E-state index contributed by atoms with van der Waals surface area (Å²) in [7, 11) is 4.74. The molecule has 0 bridgehead atoms. The summed E-state index contributed by atoms with van der Waals surface area (Å²) in [6.45, 7) is 0. The highest BCUT2D eigenvalue weighted by Gasteiger charge is 2.09. The zero-order valence-electron chi connectivity index (χ0n) is 13.1. The molecule has 0 aromatic heterocycles. The Morgan fingerprint density at radius 3 is 2.22 bits per heavy atom. The van der Waals surface area contributed by atoms with Crippen molar-refractivity contribution in [2.45, 2.75) is 0 Å². The molecule has 23 heavy (non-hydrogen) atoms. The minimum atomic E-state index is 0.502. The van der Waals surface area contributed by atoms with Crippen LogP contribution in [-0.4, -0.2) is 21.3 Å². The molecule has 2 aromatic carbocycles. The van der Waals surface area contributed by atoms with E-state index in [4.69, 9.17) is 14.2 Å². The quantitative estimate of drug-likeness (QED) is 0.570. The predicted octanol–water partition coefficient (Wildman–Crippen LogP) is 4.54. The molecule has 0 atom stereocenters. The van der Waals surface area contributed by atoms with E-state index >= 15 is 0 Å². The summed E-state index contributed by atoms with van der Waals surface area (Å²) in [5.74, 6) is 1.89. The lowest BCUT2D eigenvalue weighted by atomic mass is 10.0. The van der Waals surface area contributed by atoms with E-state index in [1.807, 2.05) is 24.3 Å². The fourth-order valence-corrected chi connectivity index (χ4v) is 2.54. The Morgan fingerprint density at radius 1 is 0.957 bits per heavy atom. The molecular formula is C18H16BrNO3. The maximum atomic E-state index is 9.52. The first kappa shape index (κ1) is 16.9. The second kappa shape index (κ2) is 7.70. The van der Waals surface area contributed by atoms with E-state index in [2.05, 4.69) is 22.0 Å². The SMILES string of the molecule is COc1ccc(Br)cc1/C=C(\C#N)c1ccc(OC)c(OC)c1. The van der Waals surface area contributed by atoms with Crippen LogP contribution in [0.2, 0.25) is 0 Å². The van der Waals surface area contributed by atoms with E-state index < -0.39 is 0 Å². The fraction of sp³-hybridized carbons (Fsp3) is 0.167. The molecule has 0 aliphatic rings. The predicted molar refractivity (Wildman–Crippen MR) is 93.7 cm³/mol. The lowest BCUT2D eigenvalue weighted by Gasteiger charge is -2.10. The summed E-state index contributed by atoms with van der Waals surface area (Å²) in [4.78, 5) is 0. The van der Waals surface area contributed by atoms with Crippen LogP contribution in [0.15, 0.2) is 40.9 Å². The van der Waals surface area contributed by atoms with E-state index in [-0.39, 0.29) is 0 Å². The van der Waals surface area contributed by atoms with Gasteiger partial charge in [-0.3, -0.25) is 0 Å². The molecule has 0 unspecified atom stereocenters. The highest BCUT2D eigenvalue weighted by Crippen LogP contribution is 2.32. The van der Waals surface area contributed by atoms with Gasteiger partial charge in [0.25, 0.3) is 0 Å². The molecule has 0 saturated heterocycles. The van der Waals surface area contributed by atoms with Crippen LogP contribution in [0.1, 0.15) is 11.1 Å². The van der Waals surface area contributed by atoms with Crippen LogP contribution in [0, 0.1) is 11.3 Å². The molecule has 0 fully saturated rings. The van der Waals surface area contributed by atoms with Gasteiger partial charge in [0.1, 0.15) is 5.75 Å². The van der Waals surface area contributed by atoms with Crippen molar-refractivity contribution >= 4 is 27.6 Å². The lowest BCUT2D eigenvalue weighted by Crippen LogP contribution is -1.92. The Balaban J connectivity index is 2.52. The summed E-state index contributed by atoms with van der Waals surface area (Å²) < 4.78 is 16.8. The number of methoxy groups -OCH3 is 3. The summed E-state index contributed by atoms with van der Waals surface area (Å²) in [5.41, 5.74) is 2.06. The Labute approximate surface area is 144 Å². The second-order valence-electron chi connectivity index (χ2n) is 4.63. The van der Waals surface area contributed by atoms with Crippen LogP contribution >= 0.6 is 15.9 Å². The van der Waals surface area contributed by atoms with Crippen LogP contribution in [0.3, 0.4) is 0 Å². The number of hydrogen-bond acceptors (Lipinski definition) is 4. The monoisotopic (exact) mass is 373 g/mol. The molecule has 5 heteroatoms. The Bertz CT molecular complexity index is 778. The van der Waals surface area contributed by atoms with Crippen molar-refractivity contribution < 1.29 is 14.2 Å². The smallest absolute Gasteiger partial charge is 0.161 e. The van der Waals surface area contributed by atoms with E-state index in [1.54, 1.807) is 39.5 Å². The van der Waals surface area contributed by atoms with Crippen LogP contribution < -0.4 is 14.2 Å². The molecule has 0 amide bonds. The number of nitrogens with zero attached hydrogens (tertiary/aromatic N) is 1. The fourth-order valence-electron chi connectivity index (χ4n) is 2.16. The molecule has 2 rings (SSSR count). The van der Waals surface area contributed by atoms with E-state index in [0.717, 1.165) is 15.6 Å². The average Bonchev–Trinajstić information content (AvgIpc) is 2.59. The third-order valence-electron chi connectivity index (χ3n) is 3.31. The number of halogens is 1. The van der Waals surface area contributed by atoms with E-state index in [9.17, 15) is 5.26 Å². The van der Waals surface area contributed by atoms with Crippen molar-refractivity contribution in [1.29, 1.82) is 5.26 Å². The number of allylic oxidation sites excluding steroid dienone is 1. The Morgan fingerprint density at radius 2 is 1.61 bits per heavy atom. The van der Waals surface area contributed by atoms with Gasteiger partial charge in [-0.1, -0.05) is 15.9 Å². The van der Waals surface area contributed by atoms with Crippen LogP contribution in [-0.2, 0) is 0 Å². The molecule has 0 radical (unpaired) electrons. The normalized spacial score (nSPS) is 10.8. The Kier molecular flexibility index (Phi) is 5.67. The first-order chi connectivity index (χ1) is 11.1. The molecular weight excluding hydrogens is 358 g/mol. The molecule has 2 aromatic rings. The average molecular weight is 374 g/mol. The molecule has 0 N–H and O–H groups in total. The molecule has 118 valence electrons. The van der Waals surface area contributed by atoms with E-state index in [1.165, 1.54) is 0 Å². The molecule has 0 heterocycles. The van der Waals surface area contributed by atoms with Gasteiger partial charge in [-0.15, -0.1) is 0 Å². The molecule has 0 saturated carbocycles. The maximum Gasteiger partial charge on any atom is 0.161 e. The number of hydrogen-bond donors (Lipinski definition) is 0. The highest BCUT2D eigenvalue weighted by molar-refractivity contribution is 9.10. The zero-order valence-corrected chi connectivity index (χ0v) is 14.7. The first-order valence-corrected chi connectivity index (χ1v) is 7.60. The van der Waals surface area contributed by atoms with Crippen LogP contribution in [0.25, 0.3) is 11.6 Å². The summed E-state index contributed by atoms with van der Waals surface area (Å²) in [6, 6.07) is 13.2. The van der Waals surface area contributed by atoms with Gasteiger partial charge in [-0.25, -0.2) is 0 Å². The zero-order chi connectivity index (χ0) is 16.8. The van der Waals surface area contributed by atoms with Gasteiger partial charge < -0.3 is 14.2 Å². The van der Waals surface area contributed by atoms with Crippen molar-refractivity contribution in [2.75, 3.05) is 21.3 Å². The third-order valence-corrected chi connectivity index (χ3v) is 3.80. The second-order valence-corrected chi connectivity index (χ2v) is 5.54. The van der Waals surface area contributed by atoms with Crippen LogP contribution in [0.5, 0.6) is 17.2 Å². The molecule has 0 spiro atoms. The van der Waals surface area contributed by atoms with Crippen molar-refractivity contribution in [3.63, 3.8) is 0 Å². The lowest BCUT2D eigenvalue weighted by molar-refractivity contribution is 0.355. The van der Waals surface area contributed by atoms with E-state index in [0.29, 0.717) is 22.8 Å². The van der Waals surface area contributed by atoms with Crippen molar-refractivity contribution in [3.05, 3.63) is 52.0 Å². The van der Waals surface area contributed by atoms with Gasteiger partial charge in [0.15, 0.2) is 11.5 Å². The topological polar surface area (TPSA) is 51.5 Å². The maximum absolute atomic E-state index is 9.52. The van der Waals surface area contributed by atoms with Crippen molar-refractivity contribution in [1.82, 2.24) is 0 Å². The third kappa shape index (κ3) is 3.85. The number of ether oxygens (including phenoxy) is 3. The molecule has 4 nitrogen and oxygen atoms in total. The number of benzene rings is 2. The van der Waals surface area contributed by atoms with Gasteiger partial charge in [-0.2, -0.15) is 5.26 Å². The Hall–Kier alpha value is -2.45. The largest absolute Gasteiger partial charge is 0.496 e. The van der Waals surface area contributed by atoms with Gasteiger partial charge in [0, 0.05) is 10.0 Å². The minimum absolute atomic E-state index is 0.502. The first-order valence-electron chi connectivity index (χ1n) is 6.80. The standard InChI is InChI=1S/C18H16BrNO3/c1-21-16-7-5-15(19)9-13(16)8-14(11-20)12-4-6-17(22-2)18(10-12)23-3/h4-10H,1-3H3/b14-8+. The molecule has 0 aliphatic heterocycles.